The quantitative estimate of drug-likeness (QED) is 0.415. The largest absolute Gasteiger partial charge is 0.481 e. The van der Waals surface area contributed by atoms with Crippen molar-refractivity contribution in [2.75, 3.05) is 27.3 Å². The first kappa shape index (κ1) is 19.6. The molecule has 1 saturated heterocycles. The molecule has 2 aliphatic carbocycles. The molecule has 0 amide bonds. The summed E-state index contributed by atoms with van der Waals surface area (Å²) in [6.45, 7) is 2.65. The molecule has 0 saturated carbocycles. The number of rotatable bonds is 5. The molecule has 7 heteroatoms. The van der Waals surface area contributed by atoms with Crippen molar-refractivity contribution in [1.82, 2.24) is 4.90 Å². The van der Waals surface area contributed by atoms with E-state index in [1.807, 2.05) is 12.1 Å². The van der Waals surface area contributed by atoms with Crippen LogP contribution in [-0.4, -0.2) is 62.4 Å². The third kappa shape index (κ3) is 2.72. The van der Waals surface area contributed by atoms with E-state index in [-0.39, 0.29) is 35.8 Å². The van der Waals surface area contributed by atoms with E-state index < -0.39 is 6.10 Å². The fourth-order valence-electron chi connectivity index (χ4n) is 5.94. The van der Waals surface area contributed by atoms with Crippen molar-refractivity contribution in [2.24, 2.45) is 5.92 Å². The molecule has 1 aromatic carbocycles. The van der Waals surface area contributed by atoms with E-state index >= 15 is 0 Å². The Morgan fingerprint density at radius 2 is 2.13 bits per heavy atom. The molecular formula is C23H27NO6. The number of hydrogen-bond donors (Lipinski definition) is 0. The highest BCUT2D eigenvalue weighted by atomic mass is 16.6. The maximum Gasteiger partial charge on any atom is 0.308 e. The van der Waals surface area contributed by atoms with Crippen molar-refractivity contribution in [1.29, 1.82) is 0 Å². The molecule has 2 bridgehead atoms. The number of benzene rings is 1. The van der Waals surface area contributed by atoms with Gasteiger partial charge in [0.05, 0.1) is 13.0 Å². The van der Waals surface area contributed by atoms with E-state index in [0.717, 1.165) is 24.9 Å². The Balaban J connectivity index is 1.59. The molecule has 0 N–H and O–H groups in total. The summed E-state index contributed by atoms with van der Waals surface area (Å²) in [4.78, 5) is 26.5. The van der Waals surface area contributed by atoms with E-state index in [0.29, 0.717) is 24.1 Å². The van der Waals surface area contributed by atoms with Crippen LogP contribution >= 0.6 is 0 Å². The van der Waals surface area contributed by atoms with Gasteiger partial charge in [-0.25, -0.2) is 0 Å². The van der Waals surface area contributed by atoms with Gasteiger partial charge in [-0.05, 0) is 44.1 Å². The van der Waals surface area contributed by atoms with Gasteiger partial charge < -0.3 is 23.8 Å². The third-order valence-corrected chi connectivity index (χ3v) is 7.15. The van der Waals surface area contributed by atoms with Gasteiger partial charge in [-0.3, -0.25) is 9.59 Å². The highest BCUT2D eigenvalue weighted by molar-refractivity contribution is 5.73. The Morgan fingerprint density at radius 3 is 2.90 bits per heavy atom. The molecule has 1 fully saturated rings. The molecular weight excluding hydrogens is 386 g/mol. The lowest BCUT2D eigenvalue weighted by molar-refractivity contribution is -0.155. The lowest BCUT2D eigenvalue weighted by Gasteiger charge is -2.56. The molecule has 0 radical (unpaired) electrons. The second-order valence-corrected chi connectivity index (χ2v) is 8.71. The zero-order valence-electron chi connectivity index (χ0n) is 17.6. The third-order valence-electron chi connectivity index (χ3n) is 7.15. The van der Waals surface area contributed by atoms with Gasteiger partial charge in [0.1, 0.15) is 6.10 Å². The highest BCUT2D eigenvalue weighted by Gasteiger charge is 2.65. The minimum Gasteiger partial charge on any atom is -0.481 e. The minimum atomic E-state index is -0.488. The van der Waals surface area contributed by atoms with E-state index in [1.54, 1.807) is 7.11 Å². The van der Waals surface area contributed by atoms with Gasteiger partial charge in [0.15, 0.2) is 17.6 Å². The standard InChI is InChI=1S/C23H27NO6/c1-13(25)28-17-6-4-14-12-16-15-5-7-18(29-19(26)8-11-27-3)22-23(15,9-10-24(16)2)20(14)21(17)30-22/h4-7,15-16,18,22H,8-12H2,1-3H3/t15-,16+,18-,22-,23-/m0/s1. The van der Waals surface area contributed by atoms with Crippen LogP contribution in [0.3, 0.4) is 0 Å². The topological polar surface area (TPSA) is 74.3 Å². The average molecular weight is 413 g/mol. The predicted octanol–water partition coefficient (Wildman–Crippen LogP) is 2.01. The van der Waals surface area contributed by atoms with E-state index in [4.69, 9.17) is 18.9 Å². The molecule has 1 aromatic rings. The smallest absolute Gasteiger partial charge is 0.308 e. The molecule has 7 nitrogen and oxygen atoms in total. The van der Waals surface area contributed by atoms with Crippen LogP contribution in [0, 0.1) is 5.92 Å². The van der Waals surface area contributed by atoms with Gasteiger partial charge in [0, 0.05) is 37.0 Å². The van der Waals surface area contributed by atoms with Crippen LogP contribution in [0.5, 0.6) is 11.5 Å². The first-order valence-electron chi connectivity index (χ1n) is 10.5. The SMILES string of the molecule is COCCC(=O)O[C@H]1C=C[C@H]2[C@H]3Cc4ccc(OC(C)=O)c5c4[C@@]2(CCN3C)[C@H]1O5. The summed E-state index contributed by atoms with van der Waals surface area (Å²) in [6.07, 6.45) is 5.39. The molecule has 2 aliphatic heterocycles. The van der Waals surface area contributed by atoms with E-state index in [2.05, 4.69) is 24.1 Å². The normalized spacial score (nSPS) is 32.9. The lowest BCUT2D eigenvalue weighted by atomic mass is 9.53. The number of likely N-dealkylation sites (tertiary alicyclic amines) is 1. The van der Waals surface area contributed by atoms with Crippen molar-refractivity contribution in [3.8, 4) is 11.5 Å². The Labute approximate surface area is 175 Å². The number of carbonyl (C=O) groups is 2. The van der Waals surface area contributed by atoms with Crippen LogP contribution in [0.15, 0.2) is 24.3 Å². The number of ether oxygens (including phenoxy) is 4. The zero-order chi connectivity index (χ0) is 21.0. The highest BCUT2D eigenvalue weighted by Crippen LogP contribution is 2.62. The van der Waals surface area contributed by atoms with Gasteiger partial charge in [0.2, 0.25) is 0 Å². The summed E-state index contributed by atoms with van der Waals surface area (Å²) < 4.78 is 22.8. The van der Waals surface area contributed by atoms with Crippen molar-refractivity contribution in [3.05, 3.63) is 35.4 Å². The zero-order valence-corrected chi connectivity index (χ0v) is 17.6. The van der Waals surface area contributed by atoms with Crippen molar-refractivity contribution in [3.63, 3.8) is 0 Å². The maximum absolute atomic E-state index is 12.4. The molecule has 1 spiro atoms. The Hall–Kier alpha value is -2.38. The Morgan fingerprint density at radius 1 is 1.30 bits per heavy atom. The average Bonchev–Trinajstić information content (AvgIpc) is 3.06. The Kier molecular flexibility index (Phi) is 4.63. The van der Waals surface area contributed by atoms with Crippen LogP contribution in [0.4, 0.5) is 0 Å². The second kappa shape index (κ2) is 7.10. The summed E-state index contributed by atoms with van der Waals surface area (Å²) in [5, 5.41) is 0. The molecule has 160 valence electrons. The van der Waals surface area contributed by atoms with Crippen molar-refractivity contribution < 1.29 is 28.5 Å². The van der Waals surface area contributed by atoms with Crippen LogP contribution < -0.4 is 9.47 Å². The van der Waals surface area contributed by atoms with E-state index in [9.17, 15) is 9.59 Å². The maximum atomic E-state index is 12.4. The second-order valence-electron chi connectivity index (χ2n) is 8.71. The molecule has 4 aliphatic rings. The van der Waals surface area contributed by atoms with E-state index in [1.165, 1.54) is 12.5 Å². The number of likely N-dealkylation sites (N-methyl/N-ethyl adjacent to an activating group) is 1. The summed E-state index contributed by atoms with van der Waals surface area (Å²) >= 11 is 0. The molecule has 0 aromatic heterocycles. The van der Waals surface area contributed by atoms with Gasteiger partial charge >= 0.3 is 11.9 Å². The molecule has 0 unspecified atom stereocenters. The van der Waals surface area contributed by atoms with Gasteiger partial charge in [-0.1, -0.05) is 12.1 Å². The molecule has 5 atom stereocenters. The number of carbonyl (C=O) groups excluding carboxylic acids is 2. The summed E-state index contributed by atoms with van der Waals surface area (Å²) in [5.41, 5.74) is 2.09. The molecule has 30 heavy (non-hydrogen) atoms. The number of esters is 2. The van der Waals surface area contributed by atoms with Crippen LogP contribution in [0.1, 0.15) is 30.9 Å². The van der Waals surface area contributed by atoms with Crippen LogP contribution in [-0.2, 0) is 30.9 Å². The monoisotopic (exact) mass is 413 g/mol. The van der Waals surface area contributed by atoms with Gasteiger partial charge in [0.25, 0.3) is 0 Å². The first-order valence-corrected chi connectivity index (χ1v) is 10.5. The predicted molar refractivity (Wildman–Crippen MR) is 108 cm³/mol. The lowest BCUT2D eigenvalue weighted by Crippen LogP contribution is -2.65. The van der Waals surface area contributed by atoms with Crippen molar-refractivity contribution >= 4 is 11.9 Å². The van der Waals surface area contributed by atoms with Crippen LogP contribution in [0.25, 0.3) is 0 Å². The summed E-state index contributed by atoms with van der Waals surface area (Å²) in [5.74, 6) is 0.669. The Bertz CT molecular complexity index is 927. The molecule has 5 rings (SSSR count). The van der Waals surface area contributed by atoms with Crippen LogP contribution in [0.2, 0.25) is 0 Å². The number of methoxy groups -OCH3 is 1. The van der Waals surface area contributed by atoms with Gasteiger partial charge in [-0.15, -0.1) is 0 Å². The first-order chi connectivity index (χ1) is 14.5. The number of hydrogen-bond acceptors (Lipinski definition) is 7. The number of nitrogens with zero attached hydrogens (tertiary/aromatic N) is 1. The fourth-order valence-corrected chi connectivity index (χ4v) is 5.94. The fraction of sp³-hybridized carbons (Fsp3) is 0.565. The summed E-state index contributed by atoms with van der Waals surface area (Å²) in [7, 11) is 3.74. The van der Waals surface area contributed by atoms with Gasteiger partial charge in [-0.2, -0.15) is 0 Å². The summed E-state index contributed by atoms with van der Waals surface area (Å²) in [6, 6.07) is 4.25. The molecule has 2 heterocycles. The number of piperidine rings is 1. The minimum absolute atomic E-state index is 0.201. The van der Waals surface area contributed by atoms with Crippen molar-refractivity contribution in [2.45, 2.75) is 49.9 Å².